The fraction of sp³-hybridized carbons (Fsp3) is 0.323. The van der Waals surface area contributed by atoms with Crippen molar-refractivity contribution in [2.45, 2.75) is 25.0 Å². The molecule has 6 nitrogen and oxygen atoms in total. The number of carbonyl (C=O) groups excluding carboxylic acids is 3. The van der Waals surface area contributed by atoms with Crippen LogP contribution in [0.1, 0.15) is 44.3 Å². The number of nitrogens with one attached hydrogen (secondary N) is 1. The van der Waals surface area contributed by atoms with Crippen molar-refractivity contribution in [2.24, 2.45) is 11.8 Å². The summed E-state index contributed by atoms with van der Waals surface area (Å²) in [4.78, 5) is 39.7. The van der Waals surface area contributed by atoms with E-state index in [1.807, 2.05) is 79.7 Å². The summed E-state index contributed by atoms with van der Waals surface area (Å²) in [6, 6.07) is 25.0. The number of ether oxygens (including phenoxy) is 1. The zero-order valence-corrected chi connectivity index (χ0v) is 20.9. The number of quaternary nitrogens is 1. The van der Waals surface area contributed by atoms with Crippen LogP contribution in [-0.2, 0) is 9.53 Å². The second-order valence-corrected chi connectivity index (χ2v) is 10.9. The number of amides is 1. The van der Waals surface area contributed by atoms with Gasteiger partial charge in [0.15, 0.2) is 11.6 Å². The minimum Gasteiger partial charge on any atom is -0.450 e. The number of nitrogens with zero attached hydrogens (tertiary/aromatic N) is 1. The molecule has 0 radical (unpaired) electrons. The lowest BCUT2D eigenvalue weighted by atomic mass is 10.0. The Morgan fingerprint density at radius 2 is 1.59 bits per heavy atom. The van der Waals surface area contributed by atoms with Crippen LogP contribution in [0, 0.1) is 18.8 Å². The summed E-state index contributed by atoms with van der Waals surface area (Å²) in [5, 5.41) is 2.91. The molecule has 3 aromatic rings. The van der Waals surface area contributed by atoms with Gasteiger partial charge in [-0.05, 0) is 24.6 Å². The van der Waals surface area contributed by atoms with Gasteiger partial charge in [0.25, 0.3) is 5.91 Å². The first-order valence-electron chi connectivity index (χ1n) is 13.0. The molecular formula is C31H31N2O4+. The van der Waals surface area contributed by atoms with Crippen LogP contribution in [0.3, 0.4) is 0 Å². The molecule has 0 spiro atoms. The molecule has 6 heteroatoms. The maximum Gasteiger partial charge on any atom is 0.334 e. The third-order valence-electron chi connectivity index (χ3n) is 8.54. The second-order valence-electron chi connectivity index (χ2n) is 10.9. The highest BCUT2D eigenvalue weighted by atomic mass is 16.6. The molecule has 1 amide bonds. The quantitative estimate of drug-likeness (QED) is 0.290. The molecule has 0 aromatic heterocycles. The van der Waals surface area contributed by atoms with Crippen molar-refractivity contribution in [2.75, 3.05) is 26.2 Å². The average Bonchev–Trinajstić information content (AvgIpc) is 3.41. The van der Waals surface area contributed by atoms with Crippen molar-refractivity contribution >= 4 is 17.7 Å². The van der Waals surface area contributed by atoms with Crippen LogP contribution in [0.25, 0.3) is 0 Å². The Bertz CT molecular complexity index is 1340. The number of hydrogen-bond donors (Lipinski definition) is 1. The van der Waals surface area contributed by atoms with E-state index in [2.05, 4.69) is 5.32 Å². The SMILES string of the molecule is Cc1ccc(C(=O)NC(C(=O)O[C@]23C[N+]4(CC(=O)c5ccccc5)CCC2C3C4)c2ccccc2)cc1. The smallest absolute Gasteiger partial charge is 0.334 e. The molecule has 3 heterocycles. The van der Waals surface area contributed by atoms with Crippen molar-refractivity contribution in [1.29, 1.82) is 0 Å². The molecule has 37 heavy (non-hydrogen) atoms. The van der Waals surface area contributed by atoms with Crippen LogP contribution in [0.2, 0.25) is 0 Å². The number of ketones is 1. The molecule has 4 unspecified atom stereocenters. The molecule has 7 rings (SSSR count). The molecule has 1 saturated carbocycles. The molecule has 3 aliphatic heterocycles. The summed E-state index contributed by atoms with van der Waals surface area (Å²) in [6.45, 7) is 4.86. The molecule has 188 valence electrons. The van der Waals surface area contributed by atoms with Crippen molar-refractivity contribution in [3.63, 3.8) is 0 Å². The first kappa shape index (κ1) is 23.6. The predicted molar refractivity (Wildman–Crippen MR) is 139 cm³/mol. The third-order valence-corrected chi connectivity index (χ3v) is 8.54. The summed E-state index contributed by atoms with van der Waals surface area (Å²) < 4.78 is 6.99. The lowest BCUT2D eigenvalue weighted by Gasteiger charge is -2.41. The van der Waals surface area contributed by atoms with E-state index in [1.165, 1.54) is 0 Å². The van der Waals surface area contributed by atoms with Gasteiger partial charge in [0.1, 0.15) is 13.1 Å². The Hall–Kier alpha value is -3.77. The van der Waals surface area contributed by atoms with E-state index in [0.717, 1.165) is 30.6 Å². The van der Waals surface area contributed by atoms with Crippen molar-refractivity contribution in [3.8, 4) is 0 Å². The van der Waals surface area contributed by atoms with Gasteiger partial charge in [-0.1, -0.05) is 78.4 Å². The van der Waals surface area contributed by atoms with Gasteiger partial charge in [-0.25, -0.2) is 4.79 Å². The van der Waals surface area contributed by atoms with E-state index in [9.17, 15) is 14.4 Å². The first-order valence-corrected chi connectivity index (χ1v) is 13.0. The molecule has 1 N–H and O–H groups in total. The first-order chi connectivity index (χ1) is 17.9. The van der Waals surface area contributed by atoms with Crippen LogP contribution < -0.4 is 5.32 Å². The zero-order valence-electron chi connectivity index (χ0n) is 20.9. The lowest BCUT2D eigenvalue weighted by Crippen LogP contribution is -2.57. The van der Waals surface area contributed by atoms with Gasteiger partial charge < -0.3 is 14.5 Å². The summed E-state index contributed by atoms with van der Waals surface area (Å²) in [6.07, 6.45) is 0.950. The van der Waals surface area contributed by atoms with Crippen LogP contribution in [-0.4, -0.2) is 53.9 Å². The maximum atomic E-state index is 13.7. The number of aryl methyl sites for hydroxylation is 1. The lowest BCUT2D eigenvalue weighted by molar-refractivity contribution is -0.922. The molecular weight excluding hydrogens is 464 g/mol. The van der Waals surface area contributed by atoms with Gasteiger partial charge in [-0.15, -0.1) is 0 Å². The number of fused-ring (bicyclic) bond motifs is 1. The van der Waals surface area contributed by atoms with Gasteiger partial charge in [0.2, 0.25) is 5.78 Å². The highest BCUT2D eigenvalue weighted by Gasteiger charge is 2.81. The van der Waals surface area contributed by atoms with Crippen LogP contribution in [0.5, 0.6) is 0 Å². The van der Waals surface area contributed by atoms with Crippen LogP contribution in [0.4, 0.5) is 0 Å². The van der Waals surface area contributed by atoms with Crippen LogP contribution in [0.15, 0.2) is 84.9 Å². The molecule has 1 aliphatic carbocycles. The molecule has 4 aliphatic rings. The van der Waals surface area contributed by atoms with E-state index in [-0.39, 0.29) is 17.6 Å². The van der Waals surface area contributed by atoms with Gasteiger partial charge in [-0.3, -0.25) is 9.59 Å². The predicted octanol–water partition coefficient (Wildman–Crippen LogP) is 4.11. The monoisotopic (exact) mass is 495 g/mol. The maximum absolute atomic E-state index is 13.7. The minimum atomic E-state index is -0.904. The molecule has 4 fully saturated rings. The Morgan fingerprint density at radius 1 is 0.919 bits per heavy atom. The van der Waals surface area contributed by atoms with E-state index >= 15 is 0 Å². The molecule has 3 saturated heterocycles. The Morgan fingerprint density at radius 3 is 2.30 bits per heavy atom. The number of esters is 1. The van der Waals surface area contributed by atoms with Gasteiger partial charge in [0.05, 0.1) is 19.0 Å². The standard InChI is InChI=1S/C31H30N2O4/c1-21-12-14-24(15-13-21)29(35)32-28(23-10-6-3-7-11-23)30(36)37-31-20-33(17-16-25(31)26(31)18-33)19-27(34)22-8-4-2-5-9-22/h2-15,25-26,28H,16-20H2,1H3/p+1/t25?,26?,28?,31-,33?/m1/s1. The largest absolute Gasteiger partial charge is 0.450 e. The van der Waals surface area contributed by atoms with E-state index in [0.29, 0.717) is 34.6 Å². The fourth-order valence-electron chi connectivity index (χ4n) is 6.62. The van der Waals surface area contributed by atoms with E-state index in [1.54, 1.807) is 12.1 Å². The number of hydrogen-bond acceptors (Lipinski definition) is 4. The Labute approximate surface area is 216 Å². The van der Waals surface area contributed by atoms with E-state index in [4.69, 9.17) is 4.74 Å². The number of Topliss-reactive ketones (excluding diaryl/α,β-unsaturated/α-hetero) is 1. The van der Waals surface area contributed by atoms with Gasteiger partial charge in [0, 0.05) is 23.5 Å². The highest BCUT2D eigenvalue weighted by Crippen LogP contribution is 2.65. The van der Waals surface area contributed by atoms with Crippen molar-refractivity contribution in [3.05, 3.63) is 107 Å². The van der Waals surface area contributed by atoms with Crippen molar-refractivity contribution < 1.29 is 23.6 Å². The zero-order chi connectivity index (χ0) is 25.6. The molecule has 4 bridgehead atoms. The van der Waals surface area contributed by atoms with Crippen LogP contribution >= 0.6 is 0 Å². The highest BCUT2D eigenvalue weighted by molar-refractivity contribution is 5.97. The second kappa shape index (κ2) is 8.96. The van der Waals surface area contributed by atoms with Gasteiger partial charge >= 0.3 is 5.97 Å². The van der Waals surface area contributed by atoms with Gasteiger partial charge in [-0.2, -0.15) is 0 Å². The Balaban J connectivity index is 1.20. The normalized spacial score (nSPS) is 27.7. The third kappa shape index (κ3) is 4.25. The number of piperidine rings is 3. The number of rotatable bonds is 8. The number of benzene rings is 3. The average molecular weight is 496 g/mol. The van der Waals surface area contributed by atoms with Crippen molar-refractivity contribution in [1.82, 2.24) is 5.32 Å². The summed E-state index contributed by atoms with van der Waals surface area (Å²) in [5.41, 5.74) is 2.44. The Kier molecular flexibility index (Phi) is 5.72. The molecule has 3 aromatic carbocycles. The summed E-state index contributed by atoms with van der Waals surface area (Å²) >= 11 is 0. The molecule has 5 atom stereocenters. The minimum absolute atomic E-state index is 0.134. The number of carbonyl (C=O) groups is 3. The van der Waals surface area contributed by atoms with E-state index < -0.39 is 17.6 Å². The topological polar surface area (TPSA) is 72.5 Å². The fourth-order valence-corrected chi connectivity index (χ4v) is 6.62. The summed E-state index contributed by atoms with van der Waals surface area (Å²) in [5.74, 6) is -0.000373. The summed E-state index contributed by atoms with van der Waals surface area (Å²) in [7, 11) is 0.